The molecule has 92 valence electrons. The van der Waals surface area contributed by atoms with Crippen molar-refractivity contribution in [3.63, 3.8) is 0 Å². The van der Waals surface area contributed by atoms with Gasteiger partial charge in [-0.1, -0.05) is 0 Å². The Hall–Kier alpha value is -1.40. The van der Waals surface area contributed by atoms with Gasteiger partial charge in [0, 0.05) is 45.0 Å². The standard InChI is InChI=1S/C10H18N2O4/c1-11-10(16)3-5-12(8-15)4-2-9(6-13)7-14/h3,5,8-9,13-14H,2,4,6-7H2,1H3,(H,11,16)/b5-3-. The Balaban J connectivity index is 4.05. The van der Waals surface area contributed by atoms with E-state index in [-0.39, 0.29) is 25.0 Å². The lowest BCUT2D eigenvalue weighted by Gasteiger charge is -2.15. The van der Waals surface area contributed by atoms with E-state index in [1.165, 1.54) is 24.2 Å². The molecule has 0 aromatic rings. The van der Waals surface area contributed by atoms with Crippen molar-refractivity contribution in [2.24, 2.45) is 5.92 Å². The molecule has 6 nitrogen and oxygen atoms in total. The second-order valence-corrected chi connectivity index (χ2v) is 3.29. The van der Waals surface area contributed by atoms with Gasteiger partial charge in [0.2, 0.25) is 12.3 Å². The molecule has 0 fully saturated rings. The van der Waals surface area contributed by atoms with Gasteiger partial charge in [-0.3, -0.25) is 9.59 Å². The summed E-state index contributed by atoms with van der Waals surface area (Å²) in [6, 6.07) is 0. The van der Waals surface area contributed by atoms with E-state index in [0.717, 1.165) is 0 Å². The highest BCUT2D eigenvalue weighted by Crippen LogP contribution is 2.02. The van der Waals surface area contributed by atoms with Crippen LogP contribution in [0.5, 0.6) is 0 Å². The first-order chi connectivity index (χ1) is 7.67. The molecule has 2 amide bonds. The molecule has 6 heteroatoms. The van der Waals surface area contributed by atoms with Crippen LogP contribution >= 0.6 is 0 Å². The van der Waals surface area contributed by atoms with Crippen LogP contribution in [0.3, 0.4) is 0 Å². The van der Waals surface area contributed by atoms with E-state index >= 15 is 0 Å². The van der Waals surface area contributed by atoms with Gasteiger partial charge in [-0.05, 0) is 6.42 Å². The Bertz CT molecular complexity index is 239. The Morgan fingerprint density at radius 2 is 2.06 bits per heavy atom. The third-order valence-electron chi connectivity index (χ3n) is 2.11. The van der Waals surface area contributed by atoms with E-state index in [1.807, 2.05) is 0 Å². The van der Waals surface area contributed by atoms with Crippen LogP contribution in [-0.2, 0) is 9.59 Å². The number of rotatable bonds is 8. The first-order valence-corrected chi connectivity index (χ1v) is 5.00. The van der Waals surface area contributed by atoms with Crippen LogP contribution in [0, 0.1) is 5.92 Å². The summed E-state index contributed by atoms with van der Waals surface area (Å²) in [4.78, 5) is 22.8. The smallest absolute Gasteiger partial charge is 0.245 e. The van der Waals surface area contributed by atoms with Crippen molar-refractivity contribution in [3.05, 3.63) is 12.3 Å². The molecule has 0 saturated heterocycles. The van der Waals surface area contributed by atoms with Gasteiger partial charge in [-0.15, -0.1) is 0 Å². The molecule has 3 N–H and O–H groups in total. The van der Waals surface area contributed by atoms with E-state index in [1.54, 1.807) is 0 Å². The van der Waals surface area contributed by atoms with E-state index in [0.29, 0.717) is 19.4 Å². The lowest BCUT2D eigenvalue weighted by molar-refractivity contribution is -0.116. The monoisotopic (exact) mass is 230 g/mol. The van der Waals surface area contributed by atoms with Crippen molar-refractivity contribution in [3.8, 4) is 0 Å². The minimum absolute atomic E-state index is 0.123. The molecular formula is C10H18N2O4. The molecule has 0 rings (SSSR count). The van der Waals surface area contributed by atoms with Crippen LogP contribution in [-0.4, -0.2) is 54.2 Å². The van der Waals surface area contributed by atoms with Gasteiger partial charge in [-0.25, -0.2) is 0 Å². The van der Waals surface area contributed by atoms with E-state index < -0.39 is 0 Å². The maximum absolute atomic E-state index is 10.9. The van der Waals surface area contributed by atoms with Crippen LogP contribution in [0.1, 0.15) is 6.42 Å². The first-order valence-electron chi connectivity index (χ1n) is 5.00. The summed E-state index contributed by atoms with van der Waals surface area (Å²) < 4.78 is 0. The number of nitrogens with zero attached hydrogens (tertiary/aromatic N) is 1. The number of hydrogen-bond donors (Lipinski definition) is 3. The number of aliphatic hydroxyl groups is 2. The zero-order valence-corrected chi connectivity index (χ0v) is 9.30. The number of carbonyl (C=O) groups excluding carboxylic acids is 2. The number of aliphatic hydroxyl groups excluding tert-OH is 2. The highest BCUT2D eigenvalue weighted by atomic mass is 16.3. The molecule has 0 unspecified atom stereocenters. The van der Waals surface area contributed by atoms with Gasteiger partial charge in [0.15, 0.2) is 0 Å². The van der Waals surface area contributed by atoms with Crippen LogP contribution < -0.4 is 5.32 Å². The minimum Gasteiger partial charge on any atom is -0.396 e. The Kier molecular flexibility index (Phi) is 8.10. The largest absolute Gasteiger partial charge is 0.396 e. The summed E-state index contributed by atoms with van der Waals surface area (Å²) in [6.45, 7) is 0.105. The van der Waals surface area contributed by atoms with Crippen molar-refractivity contribution in [1.29, 1.82) is 0 Å². The molecule has 16 heavy (non-hydrogen) atoms. The van der Waals surface area contributed by atoms with Gasteiger partial charge < -0.3 is 20.4 Å². The SMILES string of the molecule is CNC(=O)/C=C\N(C=O)CCC(CO)CO. The molecular weight excluding hydrogens is 212 g/mol. The van der Waals surface area contributed by atoms with Gasteiger partial charge in [-0.2, -0.15) is 0 Å². The number of nitrogens with one attached hydrogen (secondary N) is 1. The fraction of sp³-hybridized carbons (Fsp3) is 0.600. The Labute approximate surface area is 94.6 Å². The molecule has 0 saturated carbocycles. The molecule has 0 radical (unpaired) electrons. The molecule has 0 bridgehead atoms. The predicted molar refractivity (Wildman–Crippen MR) is 58.3 cm³/mol. The Morgan fingerprint density at radius 1 is 1.44 bits per heavy atom. The summed E-state index contributed by atoms with van der Waals surface area (Å²) in [5, 5.41) is 20.0. The fourth-order valence-corrected chi connectivity index (χ4v) is 0.981. The van der Waals surface area contributed by atoms with Crippen molar-refractivity contribution >= 4 is 12.3 Å². The van der Waals surface area contributed by atoms with Crippen LogP contribution in [0.15, 0.2) is 12.3 Å². The number of hydrogen-bond acceptors (Lipinski definition) is 4. The highest BCUT2D eigenvalue weighted by Gasteiger charge is 2.07. The summed E-state index contributed by atoms with van der Waals surface area (Å²) in [6.07, 6.45) is 3.66. The van der Waals surface area contributed by atoms with Crippen LogP contribution in [0.4, 0.5) is 0 Å². The summed E-state index contributed by atoms with van der Waals surface area (Å²) in [7, 11) is 1.49. The maximum Gasteiger partial charge on any atom is 0.245 e. The van der Waals surface area contributed by atoms with Gasteiger partial charge >= 0.3 is 0 Å². The zero-order chi connectivity index (χ0) is 12.4. The molecule has 0 aliphatic carbocycles. The molecule has 0 spiro atoms. The van der Waals surface area contributed by atoms with Crippen molar-refractivity contribution in [2.45, 2.75) is 6.42 Å². The second kappa shape index (κ2) is 8.87. The fourth-order valence-electron chi connectivity index (χ4n) is 0.981. The third kappa shape index (κ3) is 6.15. The number of carbonyl (C=O) groups is 2. The van der Waals surface area contributed by atoms with E-state index in [2.05, 4.69) is 5.32 Å². The van der Waals surface area contributed by atoms with Crippen LogP contribution in [0.2, 0.25) is 0 Å². The van der Waals surface area contributed by atoms with Gasteiger partial charge in [0.05, 0.1) is 0 Å². The quantitative estimate of drug-likeness (QED) is 0.357. The number of likely N-dealkylation sites (N-methyl/N-ethyl adjacent to an activating group) is 1. The lowest BCUT2D eigenvalue weighted by atomic mass is 10.1. The highest BCUT2D eigenvalue weighted by molar-refractivity contribution is 5.87. The molecule has 0 aromatic carbocycles. The van der Waals surface area contributed by atoms with Crippen LogP contribution in [0.25, 0.3) is 0 Å². The summed E-state index contributed by atoms with van der Waals surface area (Å²) in [5.74, 6) is -0.538. The lowest BCUT2D eigenvalue weighted by Crippen LogP contribution is -2.23. The minimum atomic E-state index is -0.298. The van der Waals surface area contributed by atoms with E-state index in [9.17, 15) is 9.59 Å². The molecule has 0 atom stereocenters. The second-order valence-electron chi connectivity index (χ2n) is 3.29. The normalized spacial score (nSPS) is 10.8. The molecule has 0 heterocycles. The molecule has 0 aliphatic rings. The Morgan fingerprint density at radius 3 is 2.50 bits per heavy atom. The molecule has 0 aromatic heterocycles. The zero-order valence-electron chi connectivity index (χ0n) is 9.30. The van der Waals surface area contributed by atoms with Crippen molar-refractivity contribution in [2.75, 3.05) is 26.8 Å². The topological polar surface area (TPSA) is 89.9 Å². The first kappa shape index (κ1) is 14.6. The summed E-state index contributed by atoms with van der Waals surface area (Å²) in [5.41, 5.74) is 0. The average Bonchev–Trinajstić information content (AvgIpc) is 2.33. The van der Waals surface area contributed by atoms with Gasteiger partial charge in [0.1, 0.15) is 0 Å². The number of amides is 2. The predicted octanol–water partition coefficient (Wildman–Crippen LogP) is -1.30. The van der Waals surface area contributed by atoms with Crippen molar-refractivity contribution < 1.29 is 19.8 Å². The maximum atomic E-state index is 10.9. The molecule has 0 aliphatic heterocycles. The third-order valence-corrected chi connectivity index (χ3v) is 2.11. The van der Waals surface area contributed by atoms with E-state index in [4.69, 9.17) is 10.2 Å². The summed E-state index contributed by atoms with van der Waals surface area (Å²) >= 11 is 0. The van der Waals surface area contributed by atoms with Gasteiger partial charge in [0.25, 0.3) is 0 Å². The van der Waals surface area contributed by atoms with Crippen molar-refractivity contribution in [1.82, 2.24) is 10.2 Å². The average molecular weight is 230 g/mol.